The van der Waals surface area contributed by atoms with Crippen LogP contribution in [0.3, 0.4) is 0 Å². The molecule has 2 N–H and O–H groups in total. The molecule has 18 heavy (non-hydrogen) atoms. The summed E-state index contributed by atoms with van der Waals surface area (Å²) in [4.78, 5) is 0.182. The van der Waals surface area contributed by atoms with Gasteiger partial charge in [0.15, 0.2) is 0 Å². The molecule has 0 spiro atoms. The van der Waals surface area contributed by atoms with Crippen molar-refractivity contribution in [1.82, 2.24) is 0 Å². The standard InChI is InChI=1S/C12H16F3NOS/c1-8-3-10(7-17-6-9(2)16)5-11(4-8)18-12(13,14)15/h3-5,9H,6-7,16H2,1-2H3/t9-/m0/s1. The van der Waals surface area contributed by atoms with E-state index in [9.17, 15) is 13.2 Å². The highest BCUT2D eigenvalue weighted by atomic mass is 32.2. The number of hydrogen-bond acceptors (Lipinski definition) is 3. The first-order valence-electron chi connectivity index (χ1n) is 5.46. The Labute approximate surface area is 109 Å². The quantitative estimate of drug-likeness (QED) is 0.838. The van der Waals surface area contributed by atoms with Gasteiger partial charge in [-0.3, -0.25) is 0 Å². The highest BCUT2D eigenvalue weighted by Gasteiger charge is 2.29. The van der Waals surface area contributed by atoms with Gasteiger partial charge in [0, 0.05) is 10.9 Å². The Morgan fingerprint density at radius 3 is 2.56 bits per heavy atom. The van der Waals surface area contributed by atoms with Crippen molar-refractivity contribution in [2.24, 2.45) is 5.73 Å². The maximum atomic E-state index is 12.3. The molecule has 0 aromatic heterocycles. The monoisotopic (exact) mass is 279 g/mol. The zero-order valence-corrected chi connectivity index (χ0v) is 11.1. The highest BCUT2D eigenvalue weighted by Crippen LogP contribution is 2.37. The Balaban J connectivity index is 2.69. The van der Waals surface area contributed by atoms with Crippen molar-refractivity contribution in [2.45, 2.75) is 36.9 Å². The maximum absolute atomic E-state index is 12.3. The molecule has 0 fully saturated rings. The van der Waals surface area contributed by atoms with Gasteiger partial charge in [-0.25, -0.2) is 0 Å². The van der Waals surface area contributed by atoms with Crippen LogP contribution in [0.5, 0.6) is 0 Å². The van der Waals surface area contributed by atoms with E-state index in [1.165, 1.54) is 12.1 Å². The van der Waals surface area contributed by atoms with Gasteiger partial charge in [0.2, 0.25) is 0 Å². The van der Waals surface area contributed by atoms with Crippen LogP contribution in [-0.2, 0) is 11.3 Å². The van der Waals surface area contributed by atoms with Crippen molar-refractivity contribution in [3.8, 4) is 0 Å². The van der Waals surface area contributed by atoms with E-state index in [-0.39, 0.29) is 29.3 Å². The van der Waals surface area contributed by atoms with E-state index in [1.54, 1.807) is 13.8 Å². The number of halogens is 3. The van der Waals surface area contributed by atoms with Gasteiger partial charge in [-0.1, -0.05) is 6.07 Å². The molecule has 0 heterocycles. The van der Waals surface area contributed by atoms with Crippen LogP contribution >= 0.6 is 11.8 Å². The number of alkyl halides is 3. The van der Waals surface area contributed by atoms with Crippen LogP contribution in [0, 0.1) is 6.92 Å². The average Bonchev–Trinajstić information content (AvgIpc) is 2.12. The summed E-state index contributed by atoms with van der Waals surface area (Å²) in [5, 5.41) is 0. The molecular formula is C12H16F3NOS. The summed E-state index contributed by atoms with van der Waals surface area (Å²) in [5.74, 6) is 0. The third kappa shape index (κ3) is 6.28. The Bertz CT molecular complexity index is 393. The van der Waals surface area contributed by atoms with E-state index < -0.39 is 5.51 Å². The van der Waals surface area contributed by atoms with E-state index in [0.29, 0.717) is 6.61 Å². The van der Waals surface area contributed by atoms with E-state index in [4.69, 9.17) is 10.5 Å². The number of thioether (sulfide) groups is 1. The molecular weight excluding hydrogens is 263 g/mol. The third-order valence-corrected chi connectivity index (χ3v) is 2.70. The van der Waals surface area contributed by atoms with Crippen molar-refractivity contribution >= 4 is 11.8 Å². The topological polar surface area (TPSA) is 35.2 Å². The molecule has 0 aliphatic carbocycles. The number of nitrogens with two attached hydrogens (primary N) is 1. The lowest BCUT2D eigenvalue weighted by atomic mass is 10.1. The van der Waals surface area contributed by atoms with Crippen LogP contribution < -0.4 is 5.73 Å². The largest absolute Gasteiger partial charge is 0.446 e. The molecule has 0 amide bonds. The smallest absolute Gasteiger partial charge is 0.375 e. The molecule has 2 nitrogen and oxygen atoms in total. The highest BCUT2D eigenvalue weighted by molar-refractivity contribution is 8.00. The summed E-state index contributed by atoms with van der Waals surface area (Å²) in [6.45, 7) is 4.22. The van der Waals surface area contributed by atoms with Gasteiger partial charge in [0.05, 0.1) is 13.2 Å². The summed E-state index contributed by atoms with van der Waals surface area (Å²) in [5.41, 5.74) is 2.76. The van der Waals surface area contributed by atoms with Crippen LogP contribution in [0.25, 0.3) is 0 Å². The molecule has 1 atom stereocenters. The van der Waals surface area contributed by atoms with E-state index >= 15 is 0 Å². The summed E-state index contributed by atoms with van der Waals surface area (Å²) >= 11 is -0.111. The molecule has 0 saturated carbocycles. The summed E-state index contributed by atoms with van der Waals surface area (Å²) in [6.07, 6.45) is 0. The lowest BCUT2D eigenvalue weighted by Gasteiger charge is -2.11. The second-order valence-corrected chi connectivity index (χ2v) is 5.33. The Morgan fingerprint density at radius 1 is 1.33 bits per heavy atom. The number of benzene rings is 1. The SMILES string of the molecule is Cc1cc(COC[C@H](C)N)cc(SC(F)(F)F)c1. The first-order valence-corrected chi connectivity index (χ1v) is 6.27. The molecule has 0 aliphatic rings. The van der Waals surface area contributed by atoms with Crippen LogP contribution in [0.2, 0.25) is 0 Å². The number of ether oxygens (including phenoxy) is 1. The summed E-state index contributed by atoms with van der Waals surface area (Å²) in [6, 6.07) is 4.72. The molecule has 0 saturated heterocycles. The first kappa shape index (κ1) is 15.3. The van der Waals surface area contributed by atoms with Crippen molar-refractivity contribution in [3.63, 3.8) is 0 Å². The fraction of sp³-hybridized carbons (Fsp3) is 0.500. The van der Waals surface area contributed by atoms with E-state index in [1.807, 2.05) is 6.07 Å². The fourth-order valence-electron chi connectivity index (χ4n) is 1.46. The molecule has 6 heteroatoms. The normalized spacial score (nSPS) is 13.7. The van der Waals surface area contributed by atoms with E-state index in [0.717, 1.165) is 11.1 Å². The Kier molecular flexibility index (Phi) is 5.49. The second-order valence-electron chi connectivity index (χ2n) is 4.19. The molecule has 0 radical (unpaired) electrons. The van der Waals surface area contributed by atoms with Gasteiger partial charge >= 0.3 is 5.51 Å². The first-order chi connectivity index (χ1) is 8.26. The summed E-state index contributed by atoms with van der Waals surface area (Å²) < 4.78 is 42.1. The van der Waals surface area contributed by atoms with Gasteiger partial charge in [-0.05, 0) is 48.9 Å². The van der Waals surface area contributed by atoms with Gasteiger partial charge in [-0.15, -0.1) is 0 Å². The molecule has 0 unspecified atom stereocenters. The number of rotatable bonds is 5. The van der Waals surface area contributed by atoms with Crippen LogP contribution in [0.4, 0.5) is 13.2 Å². The lowest BCUT2D eigenvalue weighted by Crippen LogP contribution is -2.21. The molecule has 1 rings (SSSR count). The zero-order valence-electron chi connectivity index (χ0n) is 10.3. The molecule has 102 valence electrons. The molecule has 1 aromatic carbocycles. The van der Waals surface area contributed by atoms with Crippen molar-refractivity contribution in [3.05, 3.63) is 29.3 Å². The van der Waals surface area contributed by atoms with Crippen molar-refractivity contribution < 1.29 is 17.9 Å². The predicted molar refractivity (Wildman–Crippen MR) is 66.4 cm³/mol. The van der Waals surface area contributed by atoms with Crippen LogP contribution in [0.1, 0.15) is 18.1 Å². The van der Waals surface area contributed by atoms with Crippen molar-refractivity contribution in [1.29, 1.82) is 0 Å². The minimum absolute atomic E-state index is 0.0844. The summed E-state index contributed by atoms with van der Waals surface area (Å²) in [7, 11) is 0. The zero-order chi connectivity index (χ0) is 13.8. The number of hydrogen-bond donors (Lipinski definition) is 1. The molecule has 1 aromatic rings. The Hall–Kier alpha value is -0.720. The lowest BCUT2D eigenvalue weighted by molar-refractivity contribution is -0.0328. The fourth-order valence-corrected chi connectivity index (χ4v) is 2.19. The second kappa shape index (κ2) is 6.45. The van der Waals surface area contributed by atoms with Crippen LogP contribution in [0.15, 0.2) is 23.1 Å². The third-order valence-electron chi connectivity index (χ3n) is 1.99. The minimum Gasteiger partial charge on any atom is -0.375 e. The molecule has 0 aliphatic heterocycles. The van der Waals surface area contributed by atoms with E-state index in [2.05, 4.69) is 0 Å². The van der Waals surface area contributed by atoms with Gasteiger partial charge in [-0.2, -0.15) is 13.2 Å². The van der Waals surface area contributed by atoms with Crippen LogP contribution in [-0.4, -0.2) is 18.2 Å². The number of aryl methyl sites for hydroxylation is 1. The minimum atomic E-state index is -4.27. The van der Waals surface area contributed by atoms with Gasteiger partial charge < -0.3 is 10.5 Å². The molecule has 0 bridgehead atoms. The average molecular weight is 279 g/mol. The van der Waals surface area contributed by atoms with Crippen molar-refractivity contribution in [2.75, 3.05) is 6.61 Å². The van der Waals surface area contributed by atoms with Gasteiger partial charge in [0.25, 0.3) is 0 Å². The maximum Gasteiger partial charge on any atom is 0.446 e. The Morgan fingerprint density at radius 2 is 2.00 bits per heavy atom. The predicted octanol–water partition coefficient (Wildman–Crippen LogP) is 3.47. The van der Waals surface area contributed by atoms with Gasteiger partial charge in [0.1, 0.15) is 0 Å².